The average Bonchev–Trinajstić information content (AvgIpc) is 3.07. The Balaban J connectivity index is 1.54. The molecule has 0 spiro atoms. The largest absolute Gasteiger partial charge is 0.322 e. The summed E-state index contributed by atoms with van der Waals surface area (Å²) < 4.78 is 28.2. The lowest BCUT2D eigenvalue weighted by molar-refractivity contribution is 0.102. The first-order valence-corrected chi connectivity index (χ1v) is 8.32. The van der Waals surface area contributed by atoms with E-state index in [-0.39, 0.29) is 5.56 Å². The highest BCUT2D eigenvalue weighted by atomic mass is 19.2. The second-order valence-corrected chi connectivity index (χ2v) is 6.26. The molecule has 0 aliphatic carbocycles. The van der Waals surface area contributed by atoms with Crippen LogP contribution in [0.2, 0.25) is 0 Å². The van der Waals surface area contributed by atoms with Gasteiger partial charge in [0.1, 0.15) is 5.65 Å². The molecule has 4 aromatic rings. The molecule has 6 heteroatoms. The van der Waals surface area contributed by atoms with Gasteiger partial charge in [0.25, 0.3) is 5.91 Å². The summed E-state index contributed by atoms with van der Waals surface area (Å²) in [5.74, 6) is -2.55. The minimum absolute atomic E-state index is 0.0497. The van der Waals surface area contributed by atoms with E-state index >= 15 is 0 Å². The van der Waals surface area contributed by atoms with Crippen molar-refractivity contribution in [1.82, 2.24) is 9.38 Å². The number of imidazole rings is 1. The molecule has 0 radical (unpaired) electrons. The molecule has 2 aromatic carbocycles. The number of aryl methyl sites for hydroxylation is 1. The number of pyridine rings is 1. The summed E-state index contributed by atoms with van der Waals surface area (Å²) in [6, 6.07) is 14.2. The molecule has 4 nitrogen and oxygen atoms in total. The Morgan fingerprint density at radius 3 is 2.52 bits per heavy atom. The molecule has 1 N–H and O–H groups in total. The van der Waals surface area contributed by atoms with E-state index in [2.05, 4.69) is 10.3 Å². The SMILES string of the molecule is Cc1ccn2cc(-c3ccc(NC(=O)c4ccc(F)c(F)c4)cc3)nc2c1. The monoisotopic (exact) mass is 363 g/mol. The molecule has 27 heavy (non-hydrogen) atoms. The molecule has 0 unspecified atom stereocenters. The molecule has 2 aromatic heterocycles. The number of benzene rings is 2. The number of nitrogens with zero attached hydrogens (tertiary/aromatic N) is 2. The minimum Gasteiger partial charge on any atom is -0.322 e. The highest BCUT2D eigenvalue weighted by Crippen LogP contribution is 2.22. The maximum absolute atomic E-state index is 13.3. The van der Waals surface area contributed by atoms with Crippen molar-refractivity contribution in [3.8, 4) is 11.3 Å². The van der Waals surface area contributed by atoms with Crippen molar-refractivity contribution < 1.29 is 13.6 Å². The predicted octanol–water partition coefficient (Wildman–Crippen LogP) is 4.84. The summed E-state index contributed by atoms with van der Waals surface area (Å²) in [7, 11) is 0. The van der Waals surface area contributed by atoms with Gasteiger partial charge in [0, 0.05) is 29.2 Å². The highest BCUT2D eigenvalue weighted by Gasteiger charge is 2.10. The van der Waals surface area contributed by atoms with Crippen molar-refractivity contribution in [2.75, 3.05) is 5.32 Å². The third kappa shape index (κ3) is 3.42. The van der Waals surface area contributed by atoms with Gasteiger partial charge < -0.3 is 9.72 Å². The zero-order chi connectivity index (χ0) is 19.0. The molecule has 0 fully saturated rings. The van der Waals surface area contributed by atoms with Crippen LogP contribution >= 0.6 is 0 Å². The molecule has 4 rings (SSSR count). The Morgan fingerprint density at radius 1 is 1.00 bits per heavy atom. The van der Waals surface area contributed by atoms with Gasteiger partial charge in [-0.25, -0.2) is 13.8 Å². The molecule has 0 aliphatic heterocycles. The van der Waals surface area contributed by atoms with Crippen molar-refractivity contribution in [1.29, 1.82) is 0 Å². The summed E-state index contributed by atoms with van der Waals surface area (Å²) in [6.07, 6.45) is 3.89. The molecule has 0 aliphatic rings. The van der Waals surface area contributed by atoms with E-state index < -0.39 is 17.5 Å². The molecule has 0 atom stereocenters. The molecule has 134 valence electrons. The fraction of sp³-hybridized carbons (Fsp3) is 0.0476. The Hall–Kier alpha value is -3.54. The van der Waals surface area contributed by atoms with Gasteiger partial charge in [0.05, 0.1) is 5.69 Å². The van der Waals surface area contributed by atoms with Crippen LogP contribution in [0.15, 0.2) is 67.0 Å². The van der Waals surface area contributed by atoms with Crippen molar-refractivity contribution in [3.63, 3.8) is 0 Å². The number of anilines is 1. The summed E-state index contributed by atoms with van der Waals surface area (Å²) in [5.41, 5.74) is 4.32. The summed E-state index contributed by atoms with van der Waals surface area (Å²) >= 11 is 0. The van der Waals surface area contributed by atoms with Gasteiger partial charge in [-0.2, -0.15) is 0 Å². The van der Waals surface area contributed by atoms with Crippen LogP contribution in [-0.4, -0.2) is 15.3 Å². The van der Waals surface area contributed by atoms with Crippen LogP contribution in [0.25, 0.3) is 16.9 Å². The summed E-state index contributed by atoms with van der Waals surface area (Å²) in [6.45, 7) is 2.01. The van der Waals surface area contributed by atoms with E-state index in [0.29, 0.717) is 5.69 Å². The maximum atomic E-state index is 13.3. The van der Waals surface area contributed by atoms with Crippen LogP contribution in [0.3, 0.4) is 0 Å². The number of hydrogen-bond acceptors (Lipinski definition) is 2. The molecular formula is C21H15F2N3O. The number of nitrogens with one attached hydrogen (secondary N) is 1. The molecule has 0 bridgehead atoms. The van der Waals surface area contributed by atoms with Crippen molar-refractivity contribution in [3.05, 3.63) is 89.8 Å². The minimum atomic E-state index is -1.06. The zero-order valence-electron chi connectivity index (χ0n) is 14.4. The highest BCUT2D eigenvalue weighted by molar-refractivity contribution is 6.04. The van der Waals surface area contributed by atoms with Crippen LogP contribution < -0.4 is 5.32 Å². The first-order chi connectivity index (χ1) is 13.0. The number of halogens is 2. The lowest BCUT2D eigenvalue weighted by Gasteiger charge is -2.06. The van der Waals surface area contributed by atoms with Gasteiger partial charge in [-0.15, -0.1) is 0 Å². The zero-order valence-corrected chi connectivity index (χ0v) is 14.4. The Kier molecular flexibility index (Phi) is 4.16. The second kappa shape index (κ2) is 6.64. The van der Waals surface area contributed by atoms with E-state index in [1.54, 1.807) is 12.1 Å². The first-order valence-electron chi connectivity index (χ1n) is 8.32. The van der Waals surface area contributed by atoms with Gasteiger partial charge in [-0.05, 0) is 55.0 Å². The number of carbonyl (C=O) groups is 1. The lowest BCUT2D eigenvalue weighted by Crippen LogP contribution is -2.12. The van der Waals surface area contributed by atoms with Crippen molar-refractivity contribution in [2.24, 2.45) is 0 Å². The van der Waals surface area contributed by atoms with Crippen LogP contribution in [0.5, 0.6) is 0 Å². The average molecular weight is 363 g/mol. The third-order valence-electron chi connectivity index (χ3n) is 4.24. The topological polar surface area (TPSA) is 46.4 Å². The summed E-state index contributed by atoms with van der Waals surface area (Å²) in [5, 5.41) is 2.66. The van der Waals surface area contributed by atoms with E-state index in [0.717, 1.165) is 34.6 Å². The maximum Gasteiger partial charge on any atom is 0.255 e. The number of carbonyl (C=O) groups excluding carboxylic acids is 1. The van der Waals surface area contributed by atoms with Crippen LogP contribution in [0.1, 0.15) is 15.9 Å². The van der Waals surface area contributed by atoms with Gasteiger partial charge in [0.2, 0.25) is 0 Å². The van der Waals surface area contributed by atoms with E-state index in [9.17, 15) is 13.6 Å². The number of amides is 1. The second-order valence-electron chi connectivity index (χ2n) is 6.26. The Morgan fingerprint density at radius 2 is 1.78 bits per heavy atom. The van der Waals surface area contributed by atoms with Gasteiger partial charge >= 0.3 is 0 Å². The van der Waals surface area contributed by atoms with Gasteiger partial charge in [-0.1, -0.05) is 12.1 Å². The van der Waals surface area contributed by atoms with Crippen LogP contribution in [-0.2, 0) is 0 Å². The Bertz CT molecular complexity index is 1150. The number of fused-ring (bicyclic) bond motifs is 1. The molecule has 0 saturated carbocycles. The van der Waals surface area contributed by atoms with E-state index in [4.69, 9.17) is 0 Å². The quantitative estimate of drug-likeness (QED) is 0.566. The molecular weight excluding hydrogens is 348 g/mol. The fourth-order valence-corrected chi connectivity index (χ4v) is 2.79. The normalized spacial score (nSPS) is 10.9. The summed E-state index contributed by atoms with van der Waals surface area (Å²) in [4.78, 5) is 16.8. The fourth-order valence-electron chi connectivity index (χ4n) is 2.79. The number of aromatic nitrogens is 2. The van der Waals surface area contributed by atoms with E-state index in [1.165, 1.54) is 6.07 Å². The van der Waals surface area contributed by atoms with Crippen molar-refractivity contribution in [2.45, 2.75) is 6.92 Å². The standard InChI is InChI=1S/C21H15F2N3O/c1-13-8-9-26-12-19(25-20(26)10-13)14-2-5-16(6-3-14)24-21(27)15-4-7-17(22)18(23)11-15/h2-12H,1H3,(H,24,27). The van der Waals surface area contributed by atoms with Gasteiger partial charge in [-0.3, -0.25) is 4.79 Å². The van der Waals surface area contributed by atoms with Crippen LogP contribution in [0.4, 0.5) is 14.5 Å². The first kappa shape index (κ1) is 16.9. The molecule has 2 heterocycles. The smallest absolute Gasteiger partial charge is 0.255 e. The van der Waals surface area contributed by atoms with Crippen LogP contribution in [0, 0.1) is 18.6 Å². The number of rotatable bonds is 3. The van der Waals surface area contributed by atoms with E-state index in [1.807, 2.05) is 48.0 Å². The third-order valence-corrected chi connectivity index (χ3v) is 4.24. The Labute approximate surface area is 154 Å². The molecule has 1 amide bonds. The lowest BCUT2D eigenvalue weighted by atomic mass is 10.1. The molecule has 0 saturated heterocycles. The predicted molar refractivity (Wildman–Crippen MR) is 99.7 cm³/mol. The number of hydrogen-bond donors (Lipinski definition) is 1. The van der Waals surface area contributed by atoms with Crippen molar-refractivity contribution >= 4 is 17.2 Å². The van der Waals surface area contributed by atoms with Gasteiger partial charge in [0.15, 0.2) is 11.6 Å².